The number of halogens is 2. The molecule has 144 valence electrons. The molecule has 1 aromatic carbocycles. The standard InChI is InChI=1S/C18H23N3O3.2ClH/c19-11-16-10-15(13-24-16)18(23)21-8-6-20(7-9-21)12-17(22)14-4-2-1-3-5-14;;/h1-5,10,13,17,22H,6-9,11-12,19H2;2*1H. The van der Waals surface area contributed by atoms with E-state index < -0.39 is 6.10 Å². The van der Waals surface area contributed by atoms with E-state index in [2.05, 4.69) is 4.90 Å². The first-order chi connectivity index (χ1) is 11.7. The zero-order chi connectivity index (χ0) is 16.9. The molecular weight excluding hydrogens is 377 g/mol. The molecule has 2 heterocycles. The molecule has 26 heavy (non-hydrogen) atoms. The van der Waals surface area contributed by atoms with Crippen LogP contribution in [0.2, 0.25) is 0 Å². The number of nitrogens with zero attached hydrogens (tertiary/aromatic N) is 2. The van der Waals surface area contributed by atoms with Crippen molar-refractivity contribution >= 4 is 30.7 Å². The van der Waals surface area contributed by atoms with Crippen molar-refractivity contribution in [1.29, 1.82) is 0 Å². The van der Waals surface area contributed by atoms with Gasteiger partial charge in [-0.3, -0.25) is 9.69 Å². The first-order valence-corrected chi connectivity index (χ1v) is 8.19. The van der Waals surface area contributed by atoms with E-state index in [9.17, 15) is 9.90 Å². The van der Waals surface area contributed by atoms with Gasteiger partial charge in [0.05, 0.1) is 18.2 Å². The molecule has 2 aromatic rings. The average Bonchev–Trinajstić information content (AvgIpc) is 3.11. The maximum absolute atomic E-state index is 12.4. The number of nitrogens with two attached hydrogens (primary N) is 1. The number of carbonyl (C=O) groups excluding carboxylic acids is 1. The van der Waals surface area contributed by atoms with Crippen LogP contribution in [0.15, 0.2) is 47.1 Å². The Bertz CT molecular complexity index is 673. The topological polar surface area (TPSA) is 82.9 Å². The summed E-state index contributed by atoms with van der Waals surface area (Å²) >= 11 is 0. The van der Waals surface area contributed by atoms with Gasteiger partial charge in [-0.05, 0) is 11.6 Å². The molecule has 6 nitrogen and oxygen atoms in total. The molecule has 0 aliphatic carbocycles. The summed E-state index contributed by atoms with van der Waals surface area (Å²) in [7, 11) is 0. The van der Waals surface area contributed by atoms with Crippen molar-refractivity contribution in [3.63, 3.8) is 0 Å². The smallest absolute Gasteiger partial charge is 0.257 e. The Morgan fingerprint density at radius 1 is 1.15 bits per heavy atom. The minimum Gasteiger partial charge on any atom is -0.467 e. The molecule has 3 N–H and O–H groups in total. The SMILES string of the molecule is Cl.Cl.NCc1cc(C(=O)N2CCN(CC(O)c3ccccc3)CC2)co1. The molecule has 1 saturated heterocycles. The fraction of sp³-hybridized carbons (Fsp3) is 0.389. The van der Waals surface area contributed by atoms with E-state index in [0.29, 0.717) is 37.5 Å². The average molecular weight is 402 g/mol. The zero-order valence-corrected chi connectivity index (χ0v) is 16.0. The maximum atomic E-state index is 12.4. The number of benzene rings is 1. The molecule has 0 radical (unpaired) electrons. The van der Waals surface area contributed by atoms with Gasteiger partial charge in [0.2, 0.25) is 0 Å². The van der Waals surface area contributed by atoms with Crippen molar-refractivity contribution in [3.8, 4) is 0 Å². The Kier molecular flexibility index (Phi) is 9.12. The number of aliphatic hydroxyl groups excluding tert-OH is 1. The summed E-state index contributed by atoms with van der Waals surface area (Å²) in [5, 5.41) is 10.3. The van der Waals surface area contributed by atoms with Crippen LogP contribution in [0, 0.1) is 0 Å². The zero-order valence-electron chi connectivity index (χ0n) is 14.4. The summed E-state index contributed by atoms with van der Waals surface area (Å²) in [5.74, 6) is 0.588. The van der Waals surface area contributed by atoms with Gasteiger partial charge in [-0.15, -0.1) is 24.8 Å². The Morgan fingerprint density at radius 3 is 2.38 bits per heavy atom. The fourth-order valence-corrected chi connectivity index (χ4v) is 2.94. The third-order valence-corrected chi connectivity index (χ3v) is 4.38. The van der Waals surface area contributed by atoms with Gasteiger partial charge >= 0.3 is 0 Å². The van der Waals surface area contributed by atoms with Crippen LogP contribution in [-0.4, -0.2) is 53.5 Å². The monoisotopic (exact) mass is 401 g/mol. The van der Waals surface area contributed by atoms with Gasteiger partial charge in [0.1, 0.15) is 12.0 Å². The molecule has 1 fully saturated rings. The lowest BCUT2D eigenvalue weighted by Gasteiger charge is -2.35. The molecule has 1 aliphatic rings. The number of piperazine rings is 1. The molecule has 1 aliphatic heterocycles. The van der Waals surface area contributed by atoms with E-state index >= 15 is 0 Å². The van der Waals surface area contributed by atoms with Gasteiger partial charge in [-0.1, -0.05) is 30.3 Å². The lowest BCUT2D eigenvalue weighted by Crippen LogP contribution is -2.49. The number of carbonyl (C=O) groups is 1. The molecule has 0 spiro atoms. The van der Waals surface area contributed by atoms with Crippen LogP contribution in [0.5, 0.6) is 0 Å². The minimum absolute atomic E-state index is 0. The van der Waals surface area contributed by atoms with E-state index in [-0.39, 0.29) is 30.7 Å². The molecule has 8 heteroatoms. The van der Waals surface area contributed by atoms with Crippen LogP contribution in [0.25, 0.3) is 0 Å². The molecule has 3 rings (SSSR count). The van der Waals surface area contributed by atoms with Crippen molar-refractivity contribution in [2.24, 2.45) is 5.73 Å². The van der Waals surface area contributed by atoms with Crippen molar-refractivity contribution < 1.29 is 14.3 Å². The predicted octanol–water partition coefficient (Wildman–Crippen LogP) is 2.07. The number of hydrogen-bond acceptors (Lipinski definition) is 5. The van der Waals surface area contributed by atoms with Crippen LogP contribution in [0.1, 0.15) is 27.8 Å². The van der Waals surface area contributed by atoms with Crippen molar-refractivity contribution in [1.82, 2.24) is 9.80 Å². The Hall–Kier alpha value is -1.57. The highest BCUT2D eigenvalue weighted by Crippen LogP contribution is 2.16. The highest BCUT2D eigenvalue weighted by atomic mass is 35.5. The number of furan rings is 1. The maximum Gasteiger partial charge on any atom is 0.257 e. The quantitative estimate of drug-likeness (QED) is 0.800. The van der Waals surface area contributed by atoms with E-state index in [1.807, 2.05) is 35.2 Å². The highest BCUT2D eigenvalue weighted by Gasteiger charge is 2.24. The summed E-state index contributed by atoms with van der Waals surface area (Å²) in [6, 6.07) is 11.3. The Balaban J connectivity index is 0.00000169. The van der Waals surface area contributed by atoms with E-state index in [1.54, 1.807) is 6.07 Å². The van der Waals surface area contributed by atoms with E-state index in [4.69, 9.17) is 10.2 Å². The van der Waals surface area contributed by atoms with Crippen LogP contribution in [0.3, 0.4) is 0 Å². The first-order valence-electron chi connectivity index (χ1n) is 8.19. The number of rotatable bonds is 5. The summed E-state index contributed by atoms with van der Waals surface area (Å²) in [6.07, 6.45) is 0.963. The molecule has 1 atom stereocenters. The lowest BCUT2D eigenvalue weighted by atomic mass is 10.1. The number of hydrogen-bond donors (Lipinski definition) is 2. The second-order valence-corrected chi connectivity index (χ2v) is 6.03. The normalized spacial score (nSPS) is 15.7. The van der Waals surface area contributed by atoms with Crippen LogP contribution < -0.4 is 5.73 Å². The first kappa shape index (κ1) is 22.5. The number of amides is 1. The van der Waals surface area contributed by atoms with Crippen LogP contribution >= 0.6 is 24.8 Å². The van der Waals surface area contributed by atoms with Gasteiger partial charge in [0.25, 0.3) is 5.91 Å². The number of aliphatic hydroxyl groups is 1. The van der Waals surface area contributed by atoms with Gasteiger partial charge in [0, 0.05) is 32.7 Å². The summed E-state index contributed by atoms with van der Waals surface area (Å²) in [4.78, 5) is 16.4. The molecular formula is C18H25Cl2N3O3. The van der Waals surface area contributed by atoms with Crippen LogP contribution in [0.4, 0.5) is 0 Å². The van der Waals surface area contributed by atoms with Gasteiger partial charge in [-0.25, -0.2) is 0 Å². The van der Waals surface area contributed by atoms with E-state index in [0.717, 1.165) is 18.7 Å². The molecule has 1 amide bonds. The minimum atomic E-state index is -0.505. The van der Waals surface area contributed by atoms with Crippen molar-refractivity contribution in [2.75, 3.05) is 32.7 Å². The molecule has 0 saturated carbocycles. The van der Waals surface area contributed by atoms with Gasteiger partial charge < -0.3 is 20.2 Å². The summed E-state index contributed by atoms with van der Waals surface area (Å²) in [5.41, 5.74) is 6.97. The lowest BCUT2D eigenvalue weighted by molar-refractivity contribution is 0.0527. The number of β-amino-alcohol motifs (C(OH)–C–C–N with tert-alkyl or cyclic N) is 1. The second kappa shape index (κ2) is 10.5. The van der Waals surface area contributed by atoms with Crippen molar-refractivity contribution in [3.05, 3.63) is 59.5 Å². The van der Waals surface area contributed by atoms with Crippen molar-refractivity contribution in [2.45, 2.75) is 12.6 Å². The molecule has 0 bridgehead atoms. The third kappa shape index (κ3) is 5.46. The molecule has 1 unspecified atom stereocenters. The predicted molar refractivity (Wildman–Crippen MR) is 105 cm³/mol. The largest absolute Gasteiger partial charge is 0.467 e. The summed E-state index contributed by atoms with van der Waals surface area (Å²) < 4.78 is 5.23. The third-order valence-electron chi connectivity index (χ3n) is 4.38. The second-order valence-electron chi connectivity index (χ2n) is 6.03. The molecule has 1 aromatic heterocycles. The van der Waals surface area contributed by atoms with Gasteiger partial charge in [-0.2, -0.15) is 0 Å². The van der Waals surface area contributed by atoms with Crippen LogP contribution in [-0.2, 0) is 6.54 Å². The highest BCUT2D eigenvalue weighted by molar-refractivity contribution is 5.94. The Labute approximate surface area is 165 Å². The Morgan fingerprint density at radius 2 is 1.81 bits per heavy atom. The fourth-order valence-electron chi connectivity index (χ4n) is 2.94. The summed E-state index contributed by atoms with van der Waals surface area (Å²) in [6.45, 7) is 3.65. The van der Waals surface area contributed by atoms with E-state index in [1.165, 1.54) is 6.26 Å². The van der Waals surface area contributed by atoms with Gasteiger partial charge in [0.15, 0.2) is 0 Å².